The van der Waals surface area contributed by atoms with Crippen LogP contribution in [0.5, 0.6) is 0 Å². The van der Waals surface area contributed by atoms with Crippen LogP contribution in [-0.2, 0) is 6.42 Å². The van der Waals surface area contributed by atoms with Gasteiger partial charge in [-0.1, -0.05) is 26.5 Å². The number of nitrogens with zero attached hydrogens (tertiary/aromatic N) is 2. The molecule has 2 aromatic rings. The number of aliphatic imine (C=N–C) groups is 1. The molecule has 0 aliphatic rings. The smallest absolute Gasteiger partial charge is 0.133 e. The average molecular weight is 374 g/mol. The summed E-state index contributed by atoms with van der Waals surface area (Å²) < 4.78 is 25.6. The lowest BCUT2D eigenvalue weighted by atomic mass is 10.0. The molecule has 146 valence electrons. The molecule has 1 aromatic heterocycles. The van der Waals surface area contributed by atoms with E-state index >= 15 is 0 Å². The molecular weight excluding hydrogens is 346 g/mol. The number of allylic oxidation sites excluding steroid dienone is 2. The van der Waals surface area contributed by atoms with Crippen LogP contribution >= 0.6 is 0 Å². The highest BCUT2D eigenvalue weighted by atomic mass is 19.1. The average Bonchev–Trinajstić information content (AvgIpc) is 3.09. The van der Waals surface area contributed by atoms with E-state index in [9.17, 15) is 8.78 Å². The highest BCUT2D eigenvalue weighted by molar-refractivity contribution is 6.22. The second kappa shape index (κ2) is 11.1. The summed E-state index contributed by atoms with van der Waals surface area (Å²) in [7, 11) is 0. The lowest BCUT2D eigenvalue weighted by Gasteiger charge is -2.06. The summed E-state index contributed by atoms with van der Waals surface area (Å²) in [5.74, 6) is -1.12. The molecule has 0 bridgehead atoms. The number of nitrogens with one attached hydrogen (secondary N) is 1. The molecule has 2 rings (SSSR count). The van der Waals surface area contributed by atoms with E-state index in [1.807, 2.05) is 13.1 Å². The van der Waals surface area contributed by atoms with Crippen LogP contribution in [0.25, 0.3) is 11.1 Å². The first kappa shape index (κ1) is 22.3. The number of aromatic amines is 1. The predicted molar refractivity (Wildman–Crippen MR) is 109 cm³/mol. The van der Waals surface area contributed by atoms with Gasteiger partial charge in [-0.25, -0.2) is 8.78 Å². The number of hydrogen-bond donors (Lipinski definition) is 2. The molecule has 0 aliphatic carbocycles. The van der Waals surface area contributed by atoms with E-state index in [-0.39, 0.29) is 5.56 Å². The minimum atomic E-state index is -0.558. The highest BCUT2D eigenvalue weighted by Crippen LogP contribution is 2.19. The van der Waals surface area contributed by atoms with Gasteiger partial charge in [0, 0.05) is 29.6 Å². The molecule has 6 heteroatoms. The molecule has 0 saturated heterocycles. The minimum absolute atomic E-state index is 0.0208. The van der Waals surface area contributed by atoms with Crippen molar-refractivity contribution in [1.82, 2.24) is 10.2 Å². The Kier molecular flexibility index (Phi) is 9.13. The van der Waals surface area contributed by atoms with E-state index in [2.05, 4.69) is 35.6 Å². The quantitative estimate of drug-likeness (QED) is 0.688. The number of hydrogen-bond acceptors (Lipinski definition) is 3. The standard InChI is InChI=1S/C12H20N4.C9H8F2/c1-4-6-14-9(3)11(7-13)12-10(5-2)8-15-16-12;1-6(2)9-7(10)4-3-5-8(9)11/h7-8H,4-6,13H2,1-3H3,(H,15,16);3-5H,1H2,2H3/b11-7+,14-9?;. The lowest BCUT2D eigenvalue weighted by Crippen LogP contribution is -2.04. The molecule has 0 amide bonds. The van der Waals surface area contributed by atoms with Crippen molar-refractivity contribution in [3.05, 3.63) is 65.6 Å². The monoisotopic (exact) mass is 374 g/mol. The zero-order chi connectivity index (χ0) is 20.4. The summed E-state index contributed by atoms with van der Waals surface area (Å²) in [6.45, 7) is 12.1. The first-order valence-corrected chi connectivity index (χ1v) is 8.93. The summed E-state index contributed by atoms with van der Waals surface area (Å²) in [6.07, 6.45) is 5.41. The van der Waals surface area contributed by atoms with Crippen LogP contribution in [0.1, 0.15) is 50.9 Å². The summed E-state index contributed by atoms with van der Waals surface area (Å²) in [4.78, 5) is 4.47. The summed E-state index contributed by atoms with van der Waals surface area (Å²) in [5, 5.41) is 7.03. The van der Waals surface area contributed by atoms with E-state index in [4.69, 9.17) is 5.73 Å². The van der Waals surface area contributed by atoms with Crippen molar-refractivity contribution >= 4 is 16.9 Å². The summed E-state index contributed by atoms with van der Waals surface area (Å²) >= 11 is 0. The van der Waals surface area contributed by atoms with Gasteiger partial charge >= 0.3 is 0 Å². The van der Waals surface area contributed by atoms with E-state index in [0.29, 0.717) is 5.57 Å². The van der Waals surface area contributed by atoms with Gasteiger partial charge in [0.25, 0.3) is 0 Å². The third-order valence-electron chi connectivity index (χ3n) is 3.89. The molecule has 4 nitrogen and oxygen atoms in total. The molecule has 27 heavy (non-hydrogen) atoms. The van der Waals surface area contributed by atoms with E-state index in [1.165, 1.54) is 23.8 Å². The fourth-order valence-electron chi connectivity index (χ4n) is 2.47. The van der Waals surface area contributed by atoms with Gasteiger partial charge < -0.3 is 5.73 Å². The Morgan fingerprint density at radius 2 is 1.89 bits per heavy atom. The molecule has 0 spiro atoms. The van der Waals surface area contributed by atoms with Crippen LogP contribution < -0.4 is 5.73 Å². The van der Waals surface area contributed by atoms with E-state index in [0.717, 1.165) is 36.4 Å². The van der Waals surface area contributed by atoms with Crippen molar-refractivity contribution in [3.63, 3.8) is 0 Å². The van der Waals surface area contributed by atoms with Crippen LogP contribution in [0, 0.1) is 11.6 Å². The molecule has 0 saturated carbocycles. The predicted octanol–water partition coefficient (Wildman–Crippen LogP) is 5.14. The van der Waals surface area contributed by atoms with Crippen LogP contribution in [0.3, 0.4) is 0 Å². The normalized spacial score (nSPS) is 11.8. The van der Waals surface area contributed by atoms with Gasteiger partial charge in [-0.15, -0.1) is 0 Å². The Hall–Kier alpha value is -2.76. The van der Waals surface area contributed by atoms with Crippen molar-refractivity contribution in [2.45, 2.75) is 40.5 Å². The molecule has 0 aliphatic heterocycles. The largest absolute Gasteiger partial charge is 0.404 e. The van der Waals surface area contributed by atoms with Gasteiger partial charge in [0.1, 0.15) is 11.6 Å². The lowest BCUT2D eigenvalue weighted by molar-refractivity contribution is 0.577. The number of H-pyrrole nitrogens is 1. The third kappa shape index (κ3) is 6.16. The highest BCUT2D eigenvalue weighted by Gasteiger charge is 2.11. The number of aryl methyl sites for hydroxylation is 1. The first-order valence-electron chi connectivity index (χ1n) is 8.93. The van der Waals surface area contributed by atoms with Crippen molar-refractivity contribution in [2.24, 2.45) is 10.7 Å². The van der Waals surface area contributed by atoms with Crippen molar-refractivity contribution in [3.8, 4) is 0 Å². The fourth-order valence-corrected chi connectivity index (χ4v) is 2.47. The molecule has 1 aromatic carbocycles. The maximum Gasteiger partial charge on any atom is 0.133 e. The maximum absolute atomic E-state index is 12.8. The molecule has 0 atom stereocenters. The van der Waals surface area contributed by atoms with Crippen LogP contribution in [0.2, 0.25) is 0 Å². The van der Waals surface area contributed by atoms with Gasteiger partial charge in [0.2, 0.25) is 0 Å². The number of rotatable bonds is 6. The van der Waals surface area contributed by atoms with Crippen molar-refractivity contribution in [1.29, 1.82) is 0 Å². The maximum atomic E-state index is 12.8. The van der Waals surface area contributed by atoms with Gasteiger partial charge in [-0.05, 0) is 50.0 Å². The zero-order valence-electron chi connectivity index (χ0n) is 16.4. The Labute approximate surface area is 159 Å². The topological polar surface area (TPSA) is 67.1 Å². The third-order valence-corrected chi connectivity index (χ3v) is 3.89. The number of nitrogens with two attached hydrogens (primary N) is 1. The van der Waals surface area contributed by atoms with Crippen molar-refractivity contribution < 1.29 is 8.78 Å². The van der Waals surface area contributed by atoms with Gasteiger partial charge in [-0.3, -0.25) is 10.1 Å². The second-order valence-electron chi connectivity index (χ2n) is 6.05. The van der Waals surface area contributed by atoms with Crippen LogP contribution in [0.15, 0.2) is 42.2 Å². The van der Waals surface area contributed by atoms with E-state index in [1.54, 1.807) is 13.1 Å². The molecular formula is C21H28F2N4. The number of aromatic nitrogens is 2. The van der Waals surface area contributed by atoms with Crippen LogP contribution in [0.4, 0.5) is 8.78 Å². The first-order chi connectivity index (χ1) is 12.9. The van der Waals surface area contributed by atoms with Gasteiger partial charge in [0.05, 0.1) is 11.9 Å². The summed E-state index contributed by atoms with van der Waals surface area (Å²) in [6, 6.07) is 3.76. The summed E-state index contributed by atoms with van der Waals surface area (Å²) in [5.41, 5.74) is 10.1. The van der Waals surface area contributed by atoms with Gasteiger partial charge in [0.15, 0.2) is 0 Å². The Bertz CT molecular complexity index is 799. The minimum Gasteiger partial charge on any atom is -0.404 e. The van der Waals surface area contributed by atoms with E-state index < -0.39 is 11.6 Å². The zero-order valence-corrected chi connectivity index (χ0v) is 16.4. The fraction of sp³-hybridized carbons (Fsp3) is 0.333. The Morgan fingerprint density at radius 3 is 2.33 bits per heavy atom. The SMILES string of the molecule is C=C(C)c1c(F)cccc1F.CCCN=C(C)/C(=C\N)c1[nH]ncc1CC. The number of halogens is 2. The Balaban J connectivity index is 0.000000289. The second-order valence-corrected chi connectivity index (χ2v) is 6.05. The van der Waals surface area contributed by atoms with Crippen molar-refractivity contribution in [2.75, 3.05) is 6.54 Å². The molecule has 0 radical (unpaired) electrons. The molecule has 0 fully saturated rings. The molecule has 1 heterocycles. The van der Waals surface area contributed by atoms with Crippen LogP contribution in [-0.4, -0.2) is 22.5 Å². The van der Waals surface area contributed by atoms with Gasteiger partial charge in [-0.2, -0.15) is 5.10 Å². The Morgan fingerprint density at radius 1 is 1.26 bits per heavy atom. The molecule has 0 unspecified atom stereocenters. The molecule has 3 N–H and O–H groups in total. The number of benzene rings is 1.